The molecule has 3 rings (SSSR count). The molecule has 1 heterocycles. The largest absolute Gasteiger partial charge is 0.504 e. The van der Waals surface area contributed by atoms with Crippen molar-refractivity contribution in [1.82, 2.24) is 5.32 Å². The van der Waals surface area contributed by atoms with Crippen molar-refractivity contribution >= 4 is 63.8 Å². The number of hydrogen-bond acceptors (Lipinski definition) is 5. The minimum Gasteiger partial charge on any atom is -0.504 e. The third-order valence-corrected chi connectivity index (χ3v) is 4.92. The summed E-state index contributed by atoms with van der Waals surface area (Å²) in [4.78, 5) is 38.1. The second kappa shape index (κ2) is 7.57. The number of phenols is 1. The number of carbonyl (C=O) groups is 3. The summed E-state index contributed by atoms with van der Waals surface area (Å²) in [5.41, 5.74) is 0.358. The van der Waals surface area contributed by atoms with E-state index in [1.165, 1.54) is 31.4 Å². The SMILES string of the molecule is COc1cc(C=C2C(=O)NC(=O)N(c3ccccc3Cl)C2=O)cc(I)c1O. The van der Waals surface area contributed by atoms with Crippen molar-refractivity contribution in [3.63, 3.8) is 0 Å². The Morgan fingerprint density at radius 1 is 1.22 bits per heavy atom. The molecule has 9 heteroatoms. The Balaban J connectivity index is 2.08. The number of benzene rings is 2. The van der Waals surface area contributed by atoms with Gasteiger partial charge in [-0.3, -0.25) is 14.9 Å². The van der Waals surface area contributed by atoms with E-state index < -0.39 is 17.8 Å². The van der Waals surface area contributed by atoms with Gasteiger partial charge in [-0.05, 0) is 58.5 Å². The first kappa shape index (κ1) is 19.2. The van der Waals surface area contributed by atoms with Crippen molar-refractivity contribution in [2.24, 2.45) is 0 Å². The number of urea groups is 1. The van der Waals surface area contributed by atoms with Crippen LogP contribution in [-0.4, -0.2) is 30.1 Å². The standard InChI is InChI=1S/C18H12ClIN2O5/c1-27-14-8-9(7-12(20)15(14)23)6-10-16(24)21-18(26)22(17(10)25)13-5-3-2-4-11(13)19/h2-8,23H,1H3,(H,21,24,26). The number of nitrogens with zero attached hydrogens (tertiary/aromatic N) is 1. The van der Waals surface area contributed by atoms with Gasteiger partial charge >= 0.3 is 6.03 Å². The molecule has 0 saturated carbocycles. The van der Waals surface area contributed by atoms with E-state index in [1.54, 1.807) is 18.2 Å². The van der Waals surface area contributed by atoms with Gasteiger partial charge in [-0.15, -0.1) is 0 Å². The average Bonchev–Trinajstić information content (AvgIpc) is 2.62. The summed E-state index contributed by atoms with van der Waals surface area (Å²) in [5.74, 6) is -1.49. The van der Waals surface area contributed by atoms with E-state index in [2.05, 4.69) is 5.32 Å². The summed E-state index contributed by atoms with van der Waals surface area (Å²) in [7, 11) is 1.39. The molecule has 7 nitrogen and oxygen atoms in total. The van der Waals surface area contributed by atoms with E-state index in [-0.39, 0.29) is 27.8 Å². The number of ether oxygens (including phenoxy) is 1. The van der Waals surface area contributed by atoms with Gasteiger partial charge in [0.15, 0.2) is 11.5 Å². The molecule has 1 aliphatic heterocycles. The molecule has 1 saturated heterocycles. The van der Waals surface area contributed by atoms with Crippen molar-refractivity contribution in [3.05, 3.63) is 56.1 Å². The summed E-state index contributed by atoms with van der Waals surface area (Å²) in [6.07, 6.45) is 1.32. The van der Waals surface area contributed by atoms with E-state index in [9.17, 15) is 19.5 Å². The van der Waals surface area contributed by atoms with Gasteiger partial charge in [0.05, 0.1) is 21.4 Å². The predicted octanol–water partition coefficient (Wildman–Crippen LogP) is 3.33. The Morgan fingerprint density at radius 3 is 2.59 bits per heavy atom. The number of para-hydroxylation sites is 1. The van der Waals surface area contributed by atoms with E-state index in [4.69, 9.17) is 16.3 Å². The fraction of sp³-hybridized carbons (Fsp3) is 0.0556. The van der Waals surface area contributed by atoms with Crippen LogP contribution in [0, 0.1) is 3.57 Å². The highest BCUT2D eigenvalue weighted by molar-refractivity contribution is 14.1. The fourth-order valence-corrected chi connectivity index (χ4v) is 3.35. The Morgan fingerprint density at radius 2 is 1.93 bits per heavy atom. The Bertz CT molecular complexity index is 1010. The van der Waals surface area contributed by atoms with Crippen molar-refractivity contribution in [2.75, 3.05) is 12.0 Å². The molecule has 0 radical (unpaired) electrons. The highest BCUT2D eigenvalue weighted by Crippen LogP contribution is 2.34. The topological polar surface area (TPSA) is 95.9 Å². The second-order valence-corrected chi connectivity index (χ2v) is 7.03. The first-order valence-electron chi connectivity index (χ1n) is 7.56. The molecule has 4 amide bonds. The lowest BCUT2D eigenvalue weighted by Crippen LogP contribution is -2.54. The summed E-state index contributed by atoms with van der Waals surface area (Å²) in [6, 6.07) is 8.47. The molecule has 0 spiro atoms. The lowest BCUT2D eigenvalue weighted by molar-refractivity contribution is -0.122. The van der Waals surface area contributed by atoms with Crippen LogP contribution in [0.25, 0.3) is 6.08 Å². The number of amides is 4. The van der Waals surface area contributed by atoms with Crippen molar-refractivity contribution in [3.8, 4) is 11.5 Å². The number of barbiturate groups is 1. The van der Waals surface area contributed by atoms with Gasteiger partial charge in [0, 0.05) is 0 Å². The van der Waals surface area contributed by atoms with Gasteiger partial charge in [0.25, 0.3) is 11.8 Å². The van der Waals surface area contributed by atoms with Crippen LogP contribution in [0.15, 0.2) is 42.0 Å². The van der Waals surface area contributed by atoms with E-state index in [0.717, 1.165) is 4.90 Å². The minimum atomic E-state index is -0.881. The molecule has 0 atom stereocenters. The monoisotopic (exact) mass is 498 g/mol. The Hall–Kier alpha value is -2.59. The fourth-order valence-electron chi connectivity index (χ4n) is 2.51. The smallest absolute Gasteiger partial charge is 0.335 e. The van der Waals surface area contributed by atoms with Crippen molar-refractivity contribution in [2.45, 2.75) is 0 Å². The average molecular weight is 499 g/mol. The third-order valence-electron chi connectivity index (χ3n) is 3.78. The molecule has 2 N–H and O–H groups in total. The van der Waals surface area contributed by atoms with Gasteiger partial charge in [-0.25, -0.2) is 9.69 Å². The quantitative estimate of drug-likeness (QED) is 0.385. The van der Waals surface area contributed by atoms with Gasteiger partial charge in [0.2, 0.25) is 0 Å². The molecule has 138 valence electrons. The van der Waals surface area contributed by atoms with Crippen LogP contribution in [0.4, 0.5) is 10.5 Å². The van der Waals surface area contributed by atoms with Gasteiger partial charge in [-0.2, -0.15) is 0 Å². The number of imide groups is 2. The van der Waals surface area contributed by atoms with Crippen molar-refractivity contribution < 1.29 is 24.2 Å². The minimum absolute atomic E-state index is 0.0486. The maximum absolute atomic E-state index is 12.8. The first-order valence-corrected chi connectivity index (χ1v) is 9.01. The summed E-state index contributed by atoms with van der Waals surface area (Å²) < 4.78 is 5.55. The second-order valence-electron chi connectivity index (χ2n) is 5.46. The highest BCUT2D eigenvalue weighted by Gasteiger charge is 2.37. The summed E-state index contributed by atoms with van der Waals surface area (Å²) in [6.45, 7) is 0. The molecule has 2 aromatic carbocycles. The molecule has 0 aliphatic carbocycles. The van der Waals surface area contributed by atoms with Gasteiger partial charge < -0.3 is 9.84 Å². The summed E-state index contributed by atoms with van der Waals surface area (Å²) in [5, 5.41) is 12.2. The van der Waals surface area contributed by atoms with Crippen LogP contribution >= 0.6 is 34.2 Å². The molecular weight excluding hydrogens is 487 g/mol. The zero-order valence-electron chi connectivity index (χ0n) is 13.8. The molecule has 2 aromatic rings. The van der Waals surface area contributed by atoms with Gasteiger partial charge in [-0.1, -0.05) is 23.7 Å². The van der Waals surface area contributed by atoms with Crippen LogP contribution < -0.4 is 15.0 Å². The number of phenolic OH excluding ortho intramolecular Hbond substituents is 1. The Kier molecular flexibility index (Phi) is 5.38. The van der Waals surface area contributed by atoms with Crippen LogP contribution in [-0.2, 0) is 9.59 Å². The van der Waals surface area contributed by atoms with Crippen LogP contribution in [0.1, 0.15) is 5.56 Å². The predicted molar refractivity (Wildman–Crippen MR) is 108 cm³/mol. The van der Waals surface area contributed by atoms with Crippen molar-refractivity contribution in [1.29, 1.82) is 0 Å². The normalized spacial score (nSPS) is 15.9. The number of aromatic hydroxyl groups is 1. The molecule has 1 fully saturated rings. The maximum atomic E-state index is 12.8. The van der Waals surface area contributed by atoms with E-state index in [1.807, 2.05) is 22.6 Å². The zero-order valence-corrected chi connectivity index (χ0v) is 16.7. The summed E-state index contributed by atoms with van der Waals surface area (Å²) >= 11 is 7.98. The molecular formula is C18H12ClIN2O5. The maximum Gasteiger partial charge on any atom is 0.335 e. The molecule has 1 aliphatic rings. The van der Waals surface area contributed by atoms with Gasteiger partial charge in [0.1, 0.15) is 5.57 Å². The lowest BCUT2D eigenvalue weighted by Gasteiger charge is -2.27. The Labute approximate surface area is 172 Å². The third kappa shape index (κ3) is 3.62. The van der Waals surface area contributed by atoms with Crippen LogP contribution in [0.5, 0.6) is 11.5 Å². The number of anilines is 1. The lowest BCUT2D eigenvalue weighted by atomic mass is 10.1. The number of methoxy groups -OCH3 is 1. The molecule has 0 unspecified atom stereocenters. The number of nitrogens with one attached hydrogen (secondary N) is 1. The van der Waals surface area contributed by atoms with E-state index in [0.29, 0.717) is 9.13 Å². The van der Waals surface area contributed by atoms with Crippen LogP contribution in [0.2, 0.25) is 5.02 Å². The molecule has 0 aromatic heterocycles. The van der Waals surface area contributed by atoms with E-state index >= 15 is 0 Å². The zero-order chi connectivity index (χ0) is 19.7. The number of hydrogen-bond donors (Lipinski definition) is 2. The number of carbonyl (C=O) groups excluding carboxylic acids is 3. The number of rotatable bonds is 3. The van der Waals surface area contributed by atoms with Crippen LogP contribution in [0.3, 0.4) is 0 Å². The molecule has 0 bridgehead atoms. The highest BCUT2D eigenvalue weighted by atomic mass is 127. The molecule has 27 heavy (non-hydrogen) atoms. The number of halogens is 2. The first-order chi connectivity index (χ1) is 12.8.